The molecule has 1 amide bonds. The first kappa shape index (κ1) is 16.7. The van der Waals surface area contributed by atoms with Crippen molar-refractivity contribution in [2.24, 2.45) is 7.05 Å². The third-order valence-electron chi connectivity index (χ3n) is 4.88. The molecule has 1 aliphatic heterocycles. The number of likely N-dealkylation sites (tertiary alicyclic amines) is 1. The molecule has 0 bridgehead atoms. The smallest absolute Gasteiger partial charge is 0.239 e. The fourth-order valence-corrected chi connectivity index (χ4v) is 3.39. The van der Waals surface area contributed by atoms with Gasteiger partial charge in [-0.05, 0) is 38.4 Å². The van der Waals surface area contributed by atoms with Gasteiger partial charge >= 0.3 is 0 Å². The summed E-state index contributed by atoms with van der Waals surface area (Å²) in [4.78, 5) is 23.5. The van der Waals surface area contributed by atoms with E-state index in [0.717, 1.165) is 41.5 Å². The predicted octanol–water partition coefficient (Wildman–Crippen LogP) is 2.45. The van der Waals surface area contributed by atoms with Gasteiger partial charge in [0, 0.05) is 42.5 Å². The number of amides is 1. The molecule has 134 valence electrons. The molecule has 1 aliphatic rings. The summed E-state index contributed by atoms with van der Waals surface area (Å²) < 4.78 is 1.75. The maximum Gasteiger partial charge on any atom is 0.239 e. The zero-order valence-electron chi connectivity index (χ0n) is 15.0. The molecule has 3 aromatic rings. The summed E-state index contributed by atoms with van der Waals surface area (Å²) >= 11 is 0. The molecule has 0 unspecified atom stereocenters. The van der Waals surface area contributed by atoms with Crippen LogP contribution in [0.4, 0.5) is 5.82 Å². The van der Waals surface area contributed by atoms with Crippen molar-refractivity contribution in [2.75, 3.05) is 18.4 Å². The summed E-state index contributed by atoms with van der Waals surface area (Å²) in [5.41, 5.74) is 2.60. The number of hydrogen-bond acceptors (Lipinski definition) is 5. The van der Waals surface area contributed by atoms with E-state index in [-0.39, 0.29) is 5.91 Å². The van der Waals surface area contributed by atoms with Gasteiger partial charge in [-0.15, -0.1) is 0 Å². The van der Waals surface area contributed by atoms with Gasteiger partial charge in [-0.1, -0.05) is 0 Å². The maximum atomic E-state index is 12.3. The van der Waals surface area contributed by atoms with Gasteiger partial charge in [-0.3, -0.25) is 14.4 Å². The summed E-state index contributed by atoms with van der Waals surface area (Å²) in [6, 6.07) is 6.22. The minimum absolute atomic E-state index is 0.0333. The fourth-order valence-electron chi connectivity index (χ4n) is 3.39. The number of carbonyl (C=O) groups is 1. The molecule has 0 radical (unpaired) electrons. The van der Waals surface area contributed by atoms with E-state index >= 15 is 0 Å². The van der Waals surface area contributed by atoms with Gasteiger partial charge in [0.25, 0.3) is 0 Å². The Morgan fingerprint density at radius 2 is 2.23 bits per heavy atom. The topological polar surface area (TPSA) is 75.9 Å². The fraction of sp³-hybridized carbons (Fsp3) is 0.368. The SMILES string of the molecule is C[C@H]1CCCN1CC(=O)Nc1cc2nc(-c3cnn(C)c3)ccc2cn1. The lowest BCUT2D eigenvalue weighted by atomic mass is 10.2. The molecule has 1 saturated heterocycles. The molecule has 7 nitrogen and oxygen atoms in total. The third-order valence-corrected chi connectivity index (χ3v) is 4.88. The quantitative estimate of drug-likeness (QED) is 0.782. The molecule has 4 heterocycles. The first-order valence-electron chi connectivity index (χ1n) is 8.88. The third kappa shape index (κ3) is 3.43. The van der Waals surface area contributed by atoms with Crippen LogP contribution in [-0.2, 0) is 11.8 Å². The number of carbonyl (C=O) groups excluding carboxylic acids is 1. The summed E-state index contributed by atoms with van der Waals surface area (Å²) in [7, 11) is 1.88. The van der Waals surface area contributed by atoms with Crippen molar-refractivity contribution >= 4 is 22.6 Å². The Morgan fingerprint density at radius 3 is 2.96 bits per heavy atom. The van der Waals surface area contributed by atoms with Crippen LogP contribution in [0.2, 0.25) is 0 Å². The van der Waals surface area contributed by atoms with Crippen LogP contribution >= 0.6 is 0 Å². The Bertz CT molecular complexity index is 950. The van der Waals surface area contributed by atoms with Crippen LogP contribution in [0.3, 0.4) is 0 Å². The number of anilines is 1. The molecule has 3 aromatic heterocycles. The van der Waals surface area contributed by atoms with Crippen LogP contribution in [0, 0.1) is 0 Å². The van der Waals surface area contributed by atoms with E-state index in [2.05, 4.69) is 32.2 Å². The predicted molar refractivity (Wildman–Crippen MR) is 101 cm³/mol. The van der Waals surface area contributed by atoms with Gasteiger partial charge in [0.15, 0.2) is 0 Å². The standard InChI is InChI=1S/C19H22N6O/c1-13-4-3-7-25(13)12-19(26)23-18-8-17-14(9-20-18)5-6-16(22-17)15-10-21-24(2)11-15/h5-6,8-11,13H,3-4,7,12H2,1-2H3,(H,20,23,26)/t13-/m0/s1. The molecular weight excluding hydrogens is 328 g/mol. The second-order valence-electron chi connectivity index (χ2n) is 6.87. The lowest BCUT2D eigenvalue weighted by Crippen LogP contribution is -2.35. The van der Waals surface area contributed by atoms with Crippen molar-refractivity contribution in [3.8, 4) is 11.3 Å². The van der Waals surface area contributed by atoms with Crippen molar-refractivity contribution in [3.05, 3.63) is 36.8 Å². The van der Waals surface area contributed by atoms with Crippen LogP contribution < -0.4 is 5.32 Å². The monoisotopic (exact) mass is 350 g/mol. The van der Waals surface area contributed by atoms with E-state index in [1.807, 2.05) is 31.4 Å². The van der Waals surface area contributed by atoms with E-state index < -0.39 is 0 Å². The summed E-state index contributed by atoms with van der Waals surface area (Å²) in [6.45, 7) is 3.55. The molecule has 1 atom stereocenters. The molecule has 7 heteroatoms. The van der Waals surface area contributed by atoms with Crippen LogP contribution in [0.15, 0.2) is 36.8 Å². The normalized spacial score (nSPS) is 17.7. The van der Waals surface area contributed by atoms with Gasteiger partial charge in [0.05, 0.1) is 24.0 Å². The Balaban J connectivity index is 1.53. The first-order chi connectivity index (χ1) is 12.6. The first-order valence-corrected chi connectivity index (χ1v) is 8.88. The number of aromatic nitrogens is 4. The van der Waals surface area contributed by atoms with Crippen LogP contribution in [0.1, 0.15) is 19.8 Å². The number of nitrogens with zero attached hydrogens (tertiary/aromatic N) is 5. The second-order valence-corrected chi connectivity index (χ2v) is 6.87. The number of rotatable bonds is 4. The average molecular weight is 350 g/mol. The molecule has 1 fully saturated rings. The van der Waals surface area contributed by atoms with Gasteiger partial charge in [0.2, 0.25) is 5.91 Å². The minimum atomic E-state index is -0.0333. The largest absolute Gasteiger partial charge is 0.310 e. The second kappa shape index (κ2) is 6.84. The lowest BCUT2D eigenvalue weighted by molar-refractivity contribution is -0.117. The van der Waals surface area contributed by atoms with Crippen LogP contribution in [0.5, 0.6) is 0 Å². The Labute approximate surface area is 152 Å². The average Bonchev–Trinajstić information content (AvgIpc) is 3.23. The Kier molecular flexibility index (Phi) is 4.38. The highest BCUT2D eigenvalue weighted by molar-refractivity contribution is 5.93. The van der Waals surface area contributed by atoms with E-state index in [9.17, 15) is 4.79 Å². The lowest BCUT2D eigenvalue weighted by Gasteiger charge is -2.19. The van der Waals surface area contributed by atoms with Gasteiger partial charge in [-0.25, -0.2) is 9.97 Å². The van der Waals surface area contributed by atoms with E-state index in [1.165, 1.54) is 0 Å². The summed E-state index contributed by atoms with van der Waals surface area (Å²) in [5.74, 6) is 0.499. The molecule has 4 rings (SSSR count). The molecule has 1 N–H and O–H groups in total. The maximum absolute atomic E-state index is 12.3. The Morgan fingerprint density at radius 1 is 1.35 bits per heavy atom. The number of hydrogen-bond donors (Lipinski definition) is 1. The van der Waals surface area contributed by atoms with Gasteiger partial charge in [-0.2, -0.15) is 5.10 Å². The molecule has 0 aliphatic carbocycles. The number of pyridine rings is 2. The van der Waals surface area contributed by atoms with Crippen LogP contribution in [-0.4, -0.2) is 49.7 Å². The molecule has 0 aromatic carbocycles. The highest BCUT2D eigenvalue weighted by Gasteiger charge is 2.22. The zero-order valence-corrected chi connectivity index (χ0v) is 15.0. The molecule has 0 saturated carbocycles. The van der Waals surface area contributed by atoms with Gasteiger partial charge in [0.1, 0.15) is 5.82 Å². The summed E-state index contributed by atoms with van der Waals surface area (Å²) in [5, 5.41) is 8.02. The number of aryl methyl sites for hydroxylation is 1. The van der Waals surface area contributed by atoms with Crippen molar-refractivity contribution in [1.29, 1.82) is 0 Å². The van der Waals surface area contributed by atoms with E-state index in [0.29, 0.717) is 18.4 Å². The highest BCUT2D eigenvalue weighted by atomic mass is 16.2. The van der Waals surface area contributed by atoms with Gasteiger partial charge < -0.3 is 5.32 Å². The van der Waals surface area contributed by atoms with E-state index in [4.69, 9.17) is 0 Å². The van der Waals surface area contributed by atoms with Crippen molar-refractivity contribution in [2.45, 2.75) is 25.8 Å². The van der Waals surface area contributed by atoms with Crippen LogP contribution in [0.25, 0.3) is 22.2 Å². The van der Waals surface area contributed by atoms with E-state index in [1.54, 1.807) is 17.1 Å². The number of fused-ring (bicyclic) bond motifs is 1. The molecular formula is C19H22N6O. The highest BCUT2D eigenvalue weighted by Crippen LogP contribution is 2.22. The van der Waals surface area contributed by atoms with Crippen molar-refractivity contribution in [1.82, 2.24) is 24.6 Å². The Hall–Kier alpha value is -2.80. The zero-order chi connectivity index (χ0) is 18.1. The molecule has 0 spiro atoms. The minimum Gasteiger partial charge on any atom is -0.310 e. The molecule has 26 heavy (non-hydrogen) atoms. The van der Waals surface area contributed by atoms with Crippen molar-refractivity contribution in [3.63, 3.8) is 0 Å². The summed E-state index contributed by atoms with van der Waals surface area (Å²) in [6.07, 6.45) is 7.76. The number of nitrogens with one attached hydrogen (secondary N) is 1. The van der Waals surface area contributed by atoms with Crippen molar-refractivity contribution < 1.29 is 4.79 Å².